The lowest BCUT2D eigenvalue weighted by atomic mass is 10.1. The SMILES string of the molecule is CC[C@H](C)N1C(=O)S/C(=C/c2ccc(OCC(=O)Nc3ccc(F)cc3)c(OC)c2)C1=O. The number of imide groups is 1. The number of ether oxygens (including phenoxy) is 2. The molecule has 32 heavy (non-hydrogen) atoms. The quantitative estimate of drug-likeness (QED) is 0.578. The van der Waals surface area contributed by atoms with Crippen LogP contribution in [0.5, 0.6) is 11.5 Å². The first-order valence-electron chi connectivity index (χ1n) is 9.95. The third-order valence-electron chi connectivity index (χ3n) is 4.83. The Morgan fingerprint density at radius 3 is 2.56 bits per heavy atom. The minimum Gasteiger partial charge on any atom is -0.493 e. The second-order valence-corrected chi connectivity index (χ2v) is 8.06. The summed E-state index contributed by atoms with van der Waals surface area (Å²) in [6, 6.07) is 10.2. The van der Waals surface area contributed by atoms with Crippen molar-refractivity contribution < 1.29 is 28.2 Å². The highest BCUT2D eigenvalue weighted by Crippen LogP contribution is 2.35. The Bertz CT molecular complexity index is 1050. The number of amides is 3. The fourth-order valence-electron chi connectivity index (χ4n) is 2.96. The second kappa shape index (κ2) is 10.3. The fourth-order valence-corrected chi connectivity index (χ4v) is 3.89. The summed E-state index contributed by atoms with van der Waals surface area (Å²) in [6.07, 6.45) is 2.31. The first-order chi connectivity index (χ1) is 15.3. The standard InChI is InChI=1S/C23H23FN2O5S/c1-4-14(2)26-22(28)20(32-23(26)29)12-15-5-10-18(19(11-15)30-3)31-13-21(27)25-17-8-6-16(24)7-9-17/h5-12,14H,4,13H2,1-3H3,(H,25,27)/b20-12+/t14-/m0/s1. The zero-order chi connectivity index (χ0) is 23.3. The van der Waals surface area contributed by atoms with E-state index in [1.54, 1.807) is 24.3 Å². The molecule has 0 unspecified atom stereocenters. The van der Waals surface area contributed by atoms with Gasteiger partial charge >= 0.3 is 0 Å². The number of hydrogen-bond donors (Lipinski definition) is 1. The molecule has 3 amide bonds. The van der Waals surface area contributed by atoms with Gasteiger partial charge in [-0.05, 0) is 73.1 Å². The molecule has 0 spiro atoms. The highest BCUT2D eigenvalue weighted by molar-refractivity contribution is 8.18. The first kappa shape index (κ1) is 23.3. The molecule has 1 aliphatic rings. The topological polar surface area (TPSA) is 84.9 Å². The van der Waals surface area contributed by atoms with Crippen molar-refractivity contribution in [2.45, 2.75) is 26.3 Å². The molecule has 0 aliphatic carbocycles. The number of thioether (sulfide) groups is 1. The minimum atomic E-state index is -0.415. The van der Waals surface area contributed by atoms with Crippen molar-refractivity contribution in [3.05, 3.63) is 58.8 Å². The normalized spacial score (nSPS) is 15.8. The van der Waals surface area contributed by atoms with Crippen LogP contribution in [0.25, 0.3) is 6.08 Å². The van der Waals surface area contributed by atoms with Gasteiger partial charge in [0.15, 0.2) is 18.1 Å². The summed E-state index contributed by atoms with van der Waals surface area (Å²) >= 11 is 0.904. The summed E-state index contributed by atoms with van der Waals surface area (Å²) in [5.41, 5.74) is 1.10. The Kier molecular flexibility index (Phi) is 7.53. The van der Waals surface area contributed by atoms with Crippen molar-refractivity contribution in [2.75, 3.05) is 19.0 Å². The molecule has 7 nitrogen and oxygen atoms in total. The van der Waals surface area contributed by atoms with E-state index in [0.717, 1.165) is 11.8 Å². The van der Waals surface area contributed by atoms with Gasteiger partial charge in [-0.3, -0.25) is 19.3 Å². The molecule has 1 atom stereocenters. The highest BCUT2D eigenvalue weighted by Gasteiger charge is 2.37. The summed E-state index contributed by atoms with van der Waals surface area (Å²) in [7, 11) is 1.46. The van der Waals surface area contributed by atoms with E-state index in [2.05, 4.69) is 5.32 Å². The molecule has 1 fully saturated rings. The number of carbonyl (C=O) groups excluding carboxylic acids is 3. The smallest absolute Gasteiger partial charge is 0.293 e. The Balaban J connectivity index is 1.67. The summed E-state index contributed by atoms with van der Waals surface area (Å²) in [4.78, 5) is 38.5. The van der Waals surface area contributed by atoms with Gasteiger partial charge in [-0.2, -0.15) is 0 Å². The molecule has 9 heteroatoms. The molecule has 0 radical (unpaired) electrons. The maximum atomic E-state index is 13.0. The van der Waals surface area contributed by atoms with Crippen LogP contribution in [0.1, 0.15) is 25.8 Å². The average molecular weight is 459 g/mol. The van der Waals surface area contributed by atoms with Crippen LogP contribution in [0.4, 0.5) is 14.9 Å². The van der Waals surface area contributed by atoms with Crippen LogP contribution in [0, 0.1) is 5.82 Å². The van der Waals surface area contributed by atoms with Gasteiger partial charge in [0.25, 0.3) is 17.1 Å². The van der Waals surface area contributed by atoms with E-state index < -0.39 is 11.7 Å². The van der Waals surface area contributed by atoms with Crippen LogP contribution in [0.2, 0.25) is 0 Å². The predicted octanol–water partition coefficient (Wildman–Crippen LogP) is 4.69. The molecular formula is C23H23FN2O5S. The van der Waals surface area contributed by atoms with E-state index in [4.69, 9.17) is 9.47 Å². The van der Waals surface area contributed by atoms with E-state index >= 15 is 0 Å². The Morgan fingerprint density at radius 1 is 1.19 bits per heavy atom. The highest BCUT2D eigenvalue weighted by atomic mass is 32.2. The number of methoxy groups -OCH3 is 1. The summed E-state index contributed by atoms with van der Waals surface area (Å²) < 4.78 is 23.8. The van der Waals surface area contributed by atoms with Gasteiger partial charge in [0.1, 0.15) is 5.82 Å². The number of nitrogens with zero attached hydrogens (tertiary/aromatic N) is 1. The lowest BCUT2D eigenvalue weighted by molar-refractivity contribution is -0.124. The summed E-state index contributed by atoms with van der Waals surface area (Å²) in [6.45, 7) is 3.47. The van der Waals surface area contributed by atoms with Gasteiger partial charge in [0.2, 0.25) is 0 Å². The maximum Gasteiger partial charge on any atom is 0.293 e. The molecule has 1 aliphatic heterocycles. The zero-order valence-electron chi connectivity index (χ0n) is 17.9. The van der Waals surface area contributed by atoms with E-state index in [1.807, 2.05) is 13.8 Å². The van der Waals surface area contributed by atoms with E-state index in [1.165, 1.54) is 36.3 Å². The molecule has 0 aromatic heterocycles. The van der Waals surface area contributed by atoms with Gasteiger partial charge in [0.05, 0.1) is 12.0 Å². The second-order valence-electron chi connectivity index (χ2n) is 7.06. The van der Waals surface area contributed by atoms with Gasteiger partial charge < -0.3 is 14.8 Å². The molecule has 1 heterocycles. The molecule has 168 valence electrons. The van der Waals surface area contributed by atoms with Crippen molar-refractivity contribution in [2.24, 2.45) is 0 Å². The molecule has 2 aromatic carbocycles. The predicted molar refractivity (Wildman–Crippen MR) is 121 cm³/mol. The largest absolute Gasteiger partial charge is 0.493 e. The van der Waals surface area contributed by atoms with Crippen LogP contribution in [0.3, 0.4) is 0 Å². The summed E-state index contributed by atoms with van der Waals surface area (Å²) in [5, 5.41) is 2.32. The Morgan fingerprint density at radius 2 is 1.91 bits per heavy atom. The fraction of sp³-hybridized carbons (Fsp3) is 0.261. The number of anilines is 1. The maximum absolute atomic E-state index is 13.0. The van der Waals surface area contributed by atoms with Crippen LogP contribution in [-0.2, 0) is 9.59 Å². The molecule has 2 aromatic rings. The average Bonchev–Trinajstić information content (AvgIpc) is 3.06. The number of halogens is 1. The molecule has 1 N–H and O–H groups in total. The third kappa shape index (κ3) is 5.47. The van der Waals surface area contributed by atoms with Crippen LogP contribution in [0.15, 0.2) is 47.4 Å². The van der Waals surface area contributed by atoms with Crippen molar-refractivity contribution in [3.63, 3.8) is 0 Å². The number of hydrogen-bond acceptors (Lipinski definition) is 6. The molecule has 0 saturated carbocycles. The number of carbonyl (C=O) groups is 3. The third-order valence-corrected chi connectivity index (χ3v) is 5.71. The molecule has 1 saturated heterocycles. The minimum absolute atomic E-state index is 0.167. The van der Waals surface area contributed by atoms with Gasteiger partial charge in [-0.1, -0.05) is 13.0 Å². The number of rotatable bonds is 8. The van der Waals surface area contributed by atoms with Crippen molar-refractivity contribution in [1.82, 2.24) is 4.90 Å². The van der Waals surface area contributed by atoms with Crippen LogP contribution >= 0.6 is 11.8 Å². The van der Waals surface area contributed by atoms with Gasteiger partial charge in [-0.15, -0.1) is 0 Å². The lowest BCUT2D eigenvalue weighted by Crippen LogP contribution is -2.36. The molecular weight excluding hydrogens is 435 g/mol. The van der Waals surface area contributed by atoms with Crippen molar-refractivity contribution in [3.8, 4) is 11.5 Å². The monoisotopic (exact) mass is 458 g/mol. The number of benzene rings is 2. The zero-order valence-corrected chi connectivity index (χ0v) is 18.7. The van der Waals surface area contributed by atoms with Gasteiger partial charge in [-0.25, -0.2) is 4.39 Å². The molecule has 3 rings (SSSR count). The van der Waals surface area contributed by atoms with Gasteiger partial charge in [0, 0.05) is 11.7 Å². The van der Waals surface area contributed by atoms with Crippen molar-refractivity contribution in [1.29, 1.82) is 0 Å². The van der Waals surface area contributed by atoms with Crippen LogP contribution in [-0.4, -0.2) is 41.7 Å². The van der Waals surface area contributed by atoms with E-state index in [-0.39, 0.29) is 23.8 Å². The Hall–Kier alpha value is -3.33. The Labute approximate surface area is 189 Å². The first-order valence-corrected chi connectivity index (χ1v) is 10.8. The van der Waals surface area contributed by atoms with E-state index in [0.29, 0.717) is 34.1 Å². The summed E-state index contributed by atoms with van der Waals surface area (Å²) in [5.74, 6) is -0.414. The van der Waals surface area contributed by atoms with E-state index in [9.17, 15) is 18.8 Å². The van der Waals surface area contributed by atoms with Crippen LogP contribution < -0.4 is 14.8 Å². The molecule has 0 bridgehead atoms. The number of nitrogens with one attached hydrogen (secondary N) is 1. The van der Waals surface area contributed by atoms with Crippen molar-refractivity contribution >= 4 is 40.6 Å². The lowest BCUT2D eigenvalue weighted by Gasteiger charge is -2.19.